The molecule has 1 rings (SSSR count). The number of hydrogen-bond acceptors (Lipinski definition) is 4. The Morgan fingerprint density at radius 3 is 3.06 bits per heavy atom. The van der Waals surface area contributed by atoms with Crippen molar-refractivity contribution < 1.29 is 9.90 Å². The van der Waals surface area contributed by atoms with Gasteiger partial charge in [-0.2, -0.15) is 11.8 Å². The van der Waals surface area contributed by atoms with Gasteiger partial charge in [-0.3, -0.25) is 4.79 Å². The quantitative estimate of drug-likeness (QED) is 0.778. The molecule has 0 bridgehead atoms. The van der Waals surface area contributed by atoms with E-state index in [4.69, 9.17) is 0 Å². The van der Waals surface area contributed by atoms with Crippen LogP contribution in [0.5, 0.6) is 0 Å². The van der Waals surface area contributed by atoms with Gasteiger partial charge >= 0.3 is 0 Å². The standard InChI is InChI=1S/C12H17NO2S2/c1-12(15,9-16-2)8-13-11(14)6-5-10-4-3-7-17-10/h3-7,15H,8-9H2,1-2H3,(H,13,14)/b6-5+. The lowest BCUT2D eigenvalue weighted by Crippen LogP contribution is -2.41. The lowest BCUT2D eigenvalue weighted by Gasteiger charge is -2.21. The molecular formula is C12H17NO2S2. The minimum atomic E-state index is -0.855. The summed E-state index contributed by atoms with van der Waals surface area (Å²) in [6.07, 6.45) is 5.18. The van der Waals surface area contributed by atoms with Crippen molar-refractivity contribution in [2.24, 2.45) is 0 Å². The number of amides is 1. The summed E-state index contributed by atoms with van der Waals surface area (Å²) in [5.41, 5.74) is -0.855. The molecule has 0 radical (unpaired) electrons. The molecule has 94 valence electrons. The van der Waals surface area contributed by atoms with Crippen LogP contribution < -0.4 is 5.32 Å². The average molecular weight is 271 g/mol. The molecule has 0 aliphatic heterocycles. The largest absolute Gasteiger partial charge is 0.387 e. The second-order valence-electron chi connectivity index (χ2n) is 4.00. The van der Waals surface area contributed by atoms with Gasteiger partial charge in [0, 0.05) is 23.3 Å². The van der Waals surface area contributed by atoms with Crippen LogP contribution in [0.4, 0.5) is 0 Å². The molecule has 0 saturated heterocycles. The fourth-order valence-corrected chi connectivity index (χ4v) is 2.58. The molecule has 1 amide bonds. The predicted molar refractivity (Wildman–Crippen MR) is 75.4 cm³/mol. The van der Waals surface area contributed by atoms with E-state index in [0.29, 0.717) is 5.75 Å². The van der Waals surface area contributed by atoms with Gasteiger partial charge in [-0.1, -0.05) is 6.07 Å². The van der Waals surface area contributed by atoms with Crippen LogP contribution in [-0.2, 0) is 4.79 Å². The Balaban J connectivity index is 2.35. The summed E-state index contributed by atoms with van der Waals surface area (Å²) in [6, 6.07) is 3.88. The highest BCUT2D eigenvalue weighted by Gasteiger charge is 2.19. The van der Waals surface area contributed by atoms with Crippen molar-refractivity contribution in [3.05, 3.63) is 28.5 Å². The molecule has 1 unspecified atom stereocenters. The Morgan fingerprint density at radius 2 is 2.47 bits per heavy atom. The van der Waals surface area contributed by atoms with Gasteiger partial charge in [-0.05, 0) is 30.7 Å². The maximum atomic E-state index is 11.5. The van der Waals surface area contributed by atoms with Crippen LogP contribution in [0.15, 0.2) is 23.6 Å². The summed E-state index contributed by atoms with van der Waals surface area (Å²) in [7, 11) is 0. The maximum Gasteiger partial charge on any atom is 0.244 e. The number of carbonyl (C=O) groups excluding carboxylic acids is 1. The Morgan fingerprint density at radius 1 is 1.71 bits per heavy atom. The number of hydrogen-bond donors (Lipinski definition) is 2. The minimum Gasteiger partial charge on any atom is -0.387 e. The first-order chi connectivity index (χ1) is 8.03. The fraction of sp³-hybridized carbons (Fsp3) is 0.417. The zero-order chi connectivity index (χ0) is 12.7. The van der Waals surface area contributed by atoms with E-state index in [2.05, 4.69) is 5.32 Å². The van der Waals surface area contributed by atoms with Crippen molar-refractivity contribution in [2.75, 3.05) is 18.6 Å². The molecule has 0 aromatic carbocycles. The lowest BCUT2D eigenvalue weighted by atomic mass is 10.1. The van der Waals surface area contributed by atoms with Crippen molar-refractivity contribution in [1.29, 1.82) is 0 Å². The summed E-state index contributed by atoms with van der Waals surface area (Å²) in [4.78, 5) is 12.5. The third-order valence-corrected chi connectivity index (χ3v) is 3.79. The third-order valence-electron chi connectivity index (χ3n) is 2.04. The van der Waals surface area contributed by atoms with Gasteiger partial charge in [0.25, 0.3) is 0 Å². The molecule has 0 aliphatic carbocycles. The van der Waals surface area contributed by atoms with E-state index in [9.17, 15) is 9.90 Å². The molecular weight excluding hydrogens is 254 g/mol. The van der Waals surface area contributed by atoms with E-state index >= 15 is 0 Å². The summed E-state index contributed by atoms with van der Waals surface area (Å²) in [5, 5.41) is 14.5. The number of rotatable bonds is 6. The number of thiophene rings is 1. The molecule has 0 spiro atoms. The van der Waals surface area contributed by atoms with Gasteiger partial charge in [0.2, 0.25) is 5.91 Å². The summed E-state index contributed by atoms with van der Waals surface area (Å²) < 4.78 is 0. The maximum absolute atomic E-state index is 11.5. The second-order valence-corrected chi connectivity index (χ2v) is 5.84. The van der Waals surface area contributed by atoms with Crippen molar-refractivity contribution in [3.8, 4) is 0 Å². The topological polar surface area (TPSA) is 49.3 Å². The van der Waals surface area contributed by atoms with Gasteiger partial charge in [-0.15, -0.1) is 11.3 Å². The predicted octanol–water partition coefficient (Wildman–Crippen LogP) is 1.99. The average Bonchev–Trinajstić information content (AvgIpc) is 2.76. The van der Waals surface area contributed by atoms with Gasteiger partial charge in [0.1, 0.15) is 0 Å². The SMILES string of the molecule is CSCC(C)(O)CNC(=O)/C=C/c1cccs1. The van der Waals surface area contributed by atoms with Crippen molar-refractivity contribution in [1.82, 2.24) is 5.32 Å². The summed E-state index contributed by atoms with van der Waals surface area (Å²) >= 11 is 3.13. The molecule has 1 aromatic heterocycles. The number of aliphatic hydroxyl groups is 1. The van der Waals surface area contributed by atoms with Gasteiger partial charge in [0.15, 0.2) is 0 Å². The van der Waals surface area contributed by atoms with E-state index in [1.165, 1.54) is 6.08 Å². The van der Waals surface area contributed by atoms with Gasteiger partial charge in [0.05, 0.1) is 5.60 Å². The number of nitrogens with one attached hydrogen (secondary N) is 1. The van der Waals surface area contributed by atoms with Crippen LogP contribution in [0.25, 0.3) is 6.08 Å². The summed E-state index contributed by atoms with van der Waals surface area (Å²) in [6.45, 7) is 1.98. The van der Waals surface area contributed by atoms with E-state index in [0.717, 1.165) is 4.88 Å². The van der Waals surface area contributed by atoms with E-state index in [-0.39, 0.29) is 12.5 Å². The smallest absolute Gasteiger partial charge is 0.244 e. The molecule has 5 heteroatoms. The van der Waals surface area contributed by atoms with Gasteiger partial charge in [-0.25, -0.2) is 0 Å². The highest BCUT2D eigenvalue weighted by atomic mass is 32.2. The molecule has 2 N–H and O–H groups in total. The normalized spacial score (nSPS) is 14.8. The zero-order valence-corrected chi connectivity index (χ0v) is 11.6. The van der Waals surface area contributed by atoms with E-state index in [1.54, 1.807) is 36.1 Å². The number of thioether (sulfide) groups is 1. The monoisotopic (exact) mass is 271 g/mol. The van der Waals surface area contributed by atoms with Crippen LogP contribution in [0.2, 0.25) is 0 Å². The van der Waals surface area contributed by atoms with Crippen LogP contribution >= 0.6 is 23.1 Å². The molecule has 1 heterocycles. The first-order valence-corrected chi connectivity index (χ1v) is 7.51. The van der Waals surface area contributed by atoms with Crippen LogP contribution in [-0.4, -0.2) is 35.2 Å². The Kier molecular flexibility index (Phi) is 5.74. The second kappa shape index (κ2) is 6.83. The van der Waals surface area contributed by atoms with Crippen molar-refractivity contribution in [2.45, 2.75) is 12.5 Å². The van der Waals surface area contributed by atoms with Crippen LogP contribution in [0, 0.1) is 0 Å². The molecule has 17 heavy (non-hydrogen) atoms. The van der Waals surface area contributed by atoms with E-state index < -0.39 is 5.60 Å². The van der Waals surface area contributed by atoms with Crippen molar-refractivity contribution in [3.63, 3.8) is 0 Å². The molecule has 1 atom stereocenters. The first kappa shape index (κ1) is 14.3. The Bertz CT molecular complexity index is 372. The first-order valence-electron chi connectivity index (χ1n) is 5.24. The van der Waals surface area contributed by atoms with Crippen molar-refractivity contribution >= 4 is 35.1 Å². The Labute approximate surface area is 110 Å². The Hall–Kier alpha value is -0.780. The number of carbonyl (C=O) groups is 1. The fourth-order valence-electron chi connectivity index (χ4n) is 1.24. The lowest BCUT2D eigenvalue weighted by molar-refractivity contribution is -0.117. The van der Waals surface area contributed by atoms with Gasteiger partial charge < -0.3 is 10.4 Å². The molecule has 3 nitrogen and oxygen atoms in total. The minimum absolute atomic E-state index is 0.181. The molecule has 0 saturated carbocycles. The van der Waals surface area contributed by atoms with Crippen LogP contribution in [0.3, 0.4) is 0 Å². The highest BCUT2D eigenvalue weighted by Crippen LogP contribution is 2.10. The molecule has 1 aromatic rings. The molecule has 0 fully saturated rings. The summed E-state index contributed by atoms with van der Waals surface area (Å²) in [5.74, 6) is 0.418. The van der Waals surface area contributed by atoms with Crippen LogP contribution in [0.1, 0.15) is 11.8 Å². The highest BCUT2D eigenvalue weighted by molar-refractivity contribution is 7.98. The molecule has 0 aliphatic rings. The third kappa shape index (κ3) is 5.91. The zero-order valence-electron chi connectivity index (χ0n) is 9.97. The van der Waals surface area contributed by atoms with E-state index in [1.807, 2.05) is 23.8 Å².